The summed E-state index contributed by atoms with van der Waals surface area (Å²) >= 11 is 0. The van der Waals surface area contributed by atoms with E-state index in [9.17, 15) is 0 Å². The van der Waals surface area contributed by atoms with Gasteiger partial charge in [-0.05, 0) is 17.9 Å². The third kappa shape index (κ3) is 1.55. The maximum absolute atomic E-state index is 5.96. The lowest BCUT2D eigenvalue weighted by Gasteiger charge is -2.20. The Hall–Kier alpha value is -1.54. The van der Waals surface area contributed by atoms with Gasteiger partial charge < -0.3 is 10.6 Å². The first-order valence-corrected chi connectivity index (χ1v) is 5.83. The Morgan fingerprint density at radius 1 is 1.06 bits per heavy atom. The first kappa shape index (κ1) is 9.67. The Morgan fingerprint density at radius 2 is 1.88 bits per heavy atom. The topological polar surface area (TPSA) is 29.3 Å². The van der Waals surface area contributed by atoms with E-state index in [0.717, 1.165) is 19.5 Å². The van der Waals surface area contributed by atoms with Gasteiger partial charge in [-0.15, -0.1) is 0 Å². The second-order valence-corrected chi connectivity index (χ2v) is 4.49. The first-order chi connectivity index (χ1) is 7.84. The molecule has 2 aromatic carbocycles. The van der Waals surface area contributed by atoms with Crippen LogP contribution in [-0.4, -0.2) is 19.1 Å². The fourth-order valence-electron chi connectivity index (χ4n) is 2.49. The summed E-state index contributed by atoms with van der Waals surface area (Å²) in [6.07, 6.45) is 1.10. The van der Waals surface area contributed by atoms with Gasteiger partial charge in [0.2, 0.25) is 0 Å². The van der Waals surface area contributed by atoms with E-state index in [0.29, 0.717) is 6.04 Å². The van der Waals surface area contributed by atoms with Crippen molar-refractivity contribution in [3.8, 4) is 0 Å². The zero-order valence-electron chi connectivity index (χ0n) is 9.26. The molecule has 1 fully saturated rings. The molecule has 1 saturated heterocycles. The van der Waals surface area contributed by atoms with Gasteiger partial charge in [0.15, 0.2) is 0 Å². The van der Waals surface area contributed by atoms with Crippen LogP contribution < -0.4 is 10.6 Å². The Balaban J connectivity index is 2.09. The fraction of sp³-hybridized carbons (Fsp3) is 0.286. The first-order valence-electron chi connectivity index (χ1n) is 5.83. The lowest BCUT2D eigenvalue weighted by molar-refractivity contribution is 0.752. The highest BCUT2D eigenvalue weighted by Crippen LogP contribution is 2.28. The molecule has 0 bridgehead atoms. The average Bonchev–Trinajstić information content (AvgIpc) is 2.75. The van der Waals surface area contributed by atoms with Gasteiger partial charge in [-0.25, -0.2) is 0 Å². The molecular weight excluding hydrogens is 196 g/mol. The summed E-state index contributed by atoms with van der Waals surface area (Å²) in [5.41, 5.74) is 7.29. The van der Waals surface area contributed by atoms with Crippen molar-refractivity contribution in [2.24, 2.45) is 5.73 Å². The molecule has 0 amide bonds. The van der Waals surface area contributed by atoms with Crippen LogP contribution in [0, 0.1) is 0 Å². The SMILES string of the molecule is NC1CCN(c2cccc3ccccc23)C1. The van der Waals surface area contributed by atoms with E-state index < -0.39 is 0 Å². The van der Waals surface area contributed by atoms with E-state index in [1.807, 2.05) is 0 Å². The molecule has 1 atom stereocenters. The van der Waals surface area contributed by atoms with Gasteiger partial charge in [0, 0.05) is 30.2 Å². The molecule has 0 saturated carbocycles. The molecule has 2 N–H and O–H groups in total. The summed E-state index contributed by atoms with van der Waals surface area (Å²) in [6, 6.07) is 15.3. The second-order valence-electron chi connectivity index (χ2n) is 4.49. The smallest absolute Gasteiger partial charge is 0.0446 e. The van der Waals surface area contributed by atoms with Crippen molar-refractivity contribution in [3.63, 3.8) is 0 Å². The number of benzene rings is 2. The van der Waals surface area contributed by atoms with Crippen LogP contribution in [0.4, 0.5) is 5.69 Å². The summed E-state index contributed by atoms with van der Waals surface area (Å²) in [5.74, 6) is 0. The number of nitrogens with zero attached hydrogens (tertiary/aromatic N) is 1. The molecule has 1 aliphatic heterocycles. The van der Waals surface area contributed by atoms with Gasteiger partial charge in [-0.2, -0.15) is 0 Å². The maximum atomic E-state index is 5.96. The summed E-state index contributed by atoms with van der Waals surface area (Å²) < 4.78 is 0. The molecule has 0 aliphatic carbocycles. The number of nitrogens with two attached hydrogens (primary N) is 1. The van der Waals surface area contributed by atoms with Crippen LogP contribution in [0.5, 0.6) is 0 Å². The Bertz CT molecular complexity index is 502. The number of hydrogen-bond acceptors (Lipinski definition) is 2. The van der Waals surface area contributed by atoms with Crippen LogP contribution in [-0.2, 0) is 0 Å². The number of fused-ring (bicyclic) bond motifs is 1. The van der Waals surface area contributed by atoms with E-state index >= 15 is 0 Å². The summed E-state index contributed by atoms with van der Waals surface area (Å²) in [4.78, 5) is 2.40. The van der Waals surface area contributed by atoms with Crippen molar-refractivity contribution in [2.75, 3.05) is 18.0 Å². The maximum Gasteiger partial charge on any atom is 0.0446 e. The molecule has 2 heteroatoms. The molecular formula is C14H16N2. The second kappa shape index (κ2) is 3.80. The minimum Gasteiger partial charge on any atom is -0.369 e. The predicted octanol–water partition coefficient (Wildman–Crippen LogP) is 2.38. The van der Waals surface area contributed by atoms with Gasteiger partial charge in [0.05, 0.1) is 0 Å². The van der Waals surface area contributed by atoms with E-state index in [2.05, 4.69) is 47.4 Å². The standard InChI is InChI=1S/C14H16N2/c15-12-8-9-16(10-12)14-7-3-5-11-4-1-2-6-13(11)14/h1-7,12H,8-10,15H2. The van der Waals surface area contributed by atoms with Crippen molar-refractivity contribution >= 4 is 16.5 Å². The molecule has 0 aromatic heterocycles. The molecule has 1 unspecified atom stereocenters. The van der Waals surface area contributed by atoms with Crippen molar-refractivity contribution in [3.05, 3.63) is 42.5 Å². The van der Waals surface area contributed by atoms with Crippen LogP contribution in [0.3, 0.4) is 0 Å². The van der Waals surface area contributed by atoms with Gasteiger partial charge in [0.25, 0.3) is 0 Å². The van der Waals surface area contributed by atoms with Gasteiger partial charge in [-0.3, -0.25) is 0 Å². The lowest BCUT2D eigenvalue weighted by atomic mass is 10.1. The zero-order chi connectivity index (χ0) is 11.0. The van der Waals surface area contributed by atoms with Crippen LogP contribution in [0.1, 0.15) is 6.42 Å². The Labute approximate surface area is 95.7 Å². The lowest BCUT2D eigenvalue weighted by Crippen LogP contribution is -2.26. The van der Waals surface area contributed by atoms with Crippen LogP contribution in [0.25, 0.3) is 10.8 Å². The van der Waals surface area contributed by atoms with Gasteiger partial charge in [-0.1, -0.05) is 36.4 Å². The molecule has 2 aromatic rings. The Kier molecular flexibility index (Phi) is 2.29. The van der Waals surface area contributed by atoms with Crippen molar-refractivity contribution in [1.29, 1.82) is 0 Å². The van der Waals surface area contributed by atoms with E-state index in [4.69, 9.17) is 5.73 Å². The monoisotopic (exact) mass is 212 g/mol. The molecule has 0 radical (unpaired) electrons. The largest absolute Gasteiger partial charge is 0.369 e. The number of rotatable bonds is 1. The quantitative estimate of drug-likeness (QED) is 0.786. The van der Waals surface area contributed by atoms with Crippen LogP contribution in [0.15, 0.2) is 42.5 Å². The minimum atomic E-state index is 0.332. The van der Waals surface area contributed by atoms with Crippen LogP contribution in [0.2, 0.25) is 0 Å². The van der Waals surface area contributed by atoms with E-state index in [1.54, 1.807) is 0 Å². The normalized spacial score (nSPS) is 20.6. The van der Waals surface area contributed by atoms with Crippen molar-refractivity contribution < 1.29 is 0 Å². The van der Waals surface area contributed by atoms with Crippen LogP contribution >= 0.6 is 0 Å². The van der Waals surface area contributed by atoms with E-state index in [1.165, 1.54) is 16.5 Å². The third-order valence-electron chi connectivity index (χ3n) is 3.33. The molecule has 1 aliphatic rings. The molecule has 1 heterocycles. The number of anilines is 1. The minimum absolute atomic E-state index is 0.332. The molecule has 0 spiro atoms. The predicted molar refractivity (Wildman–Crippen MR) is 68.8 cm³/mol. The molecule has 2 nitrogen and oxygen atoms in total. The van der Waals surface area contributed by atoms with Gasteiger partial charge in [0.1, 0.15) is 0 Å². The third-order valence-corrected chi connectivity index (χ3v) is 3.33. The summed E-state index contributed by atoms with van der Waals surface area (Å²) in [5, 5.41) is 2.64. The van der Waals surface area contributed by atoms with Gasteiger partial charge >= 0.3 is 0 Å². The highest BCUT2D eigenvalue weighted by atomic mass is 15.2. The number of hydrogen-bond donors (Lipinski definition) is 1. The highest BCUT2D eigenvalue weighted by Gasteiger charge is 2.20. The Morgan fingerprint density at radius 3 is 2.69 bits per heavy atom. The summed E-state index contributed by atoms with van der Waals surface area (Å²) in [7, 11) is 0. The highest BCUT2D eigenvalue weighted by molar-refractivity contribution is 5.94. The fourth-order valence-corrected chi connectivity index (χ4v) is 2.49. The zero-order valence-corrected chi connectivity index (χ0v) is 9.26. The van der Waals surface area contributed by atoms with E-state index in [-0.39, 0.29) is 0 Å². The molecule has 16 heavy (non-hydrogen) atoms. The average molecular weight is 212 g/mol. The van der Waals surface area contributed by atoms with Crippen molar-refractivity contribution in [1.82, 2.24) is 0 Å². The molecule has 82 valence electrons. The molecule has 3 rings (SSSR count). The van der Waals surface area contributed by atoms with Crippen molar-refractivity contribution in [2.45, 2.75) is 12.5 Å². The summed E-state index contributed by atoms with van der Waals surface area (Å²) in [6.45, 7) is 2.06.